The topological polar surface area (TPSA) is 244 Å². The maximum absolute atomic E-state index is 13.3. The van der Waals surface area contributed by atoms with Gasteiger partial charge in [0.2, 0.25) is 11.6 Å². The molecule has 8 aromatic rings. The third-order valence-corrected chi connectivity index (χ3v) is 14.9. The normalized spacial score (nSPS) is 12.5. The molecule has 6 heterocycles. The Bertz CT molecular complexity index is 2900. The van der Waals surface area contributed by atoms with Crippen LogP contribution >= 0.6 is 0 Å². The molecular weight excluding hydrogens is 917 g/mol. The van der Waals surface area contributed by atoms with Gasteiger partial charge in [-0.25, -0.2) is 16.8 Å². The van der Waals surface area contributed by atoms with Crippen molar-refractivity contribution < 1.29 is 44.6 Å². The lowest BCUT2D eigenvalue weighted by molar-refractivity contribution is 0.390. The molecule has 0 N–H and O–H groups in total. The number of benzene rings is 2. The lowest BCUT2D eigenvalue weighted by Gasteiger charge is -2.18. The number of hydrogen-bond donors (Lipinski definition) is 0. The number of aromatic nitrogens is 10. The van der Waals surface area contributed by atoms with Gasteiger partial charge in [-0.2, -0.15) is 20.4 Å². The summed E-state index contributed by atoms with van der Waals surface area (Å²) < 4.78 is 89.9. The summed E-state index contributed by atoms with van der Waals surface area (Å²) in [5.41, 5.74) is 3.70. The largest absolute Gasteiger partial charge is 0.494 e. The van der Waals surface area contributed by atoms with Gasteiger partial charge in [0.1, 0.15) is 45.9 Å². The van der Waals surface area contributed by atoms with Crippen LogP contribution in [0.2, 0.25) is 0 Å². The monoisotopic (exact) mass is 966 g/mol. The Kier molecular flexibility index (Phi) is 15.0. The molecule has 20 nitrogen and oxygen atoms in total. The van der Waals surface area contributed by atoms with E-state index in [1.54, 1.807) is 95.8 Å². The molecular formula is C46H50N10O10S2. The first kappa shape index (κ1) is 48.5. The molecule has 0 spiro atoms. The molecule has 2 atom stereocenters. The summed E-state index contributed by atoms with van der Waals surface area (Å²) in [6.07, 6.45) is 3.48. The Labute approximate surface area is 393 Å². The van der Waals surface area contributed by atoms with Gasteiger partial charge in [-0.05, 0) is 100 Å². The van der Waals surface area contributed by atoms with E-state index in [9.17, 15) is 16.8 Å². The van der Waals surface area contributed by atoms with Crippen LogP contribution in [0.3, 0.4) is 0 Å². The summed E-state index contributed by atoms with van der Waals surface area (Å²) in [4.78, 5) is 0. The van der Waals surface area contributed by atoms with E-state index in [0.29, 0.717) is 68.9 Å². The van der Waals surface area contributed by atoms with Crippen molar-refractivity contribution >= 4 is 19.7 Å². The minimum Gasteiger partial charge on any atom is -0.494 e. The Morgan fingerprint density at radius 3 is 1.15 bits per heavy atom. The minimum atomic E-state index is -3.65. The first-order chi connectivity index (χ1) is 32.7. The minimum absolute atomic E-state index is 0.205. The third-order valence-electron chi connectivity index (χ3n) is 10.8. The van der Waals surface area contributed by atoms with Crippen LogP contribution in [-0.4, -0.2) is 106 Å². The molecule has 8 rings (SSSR count). The molecule has 22 heteroatoms. The van der Waals surface area contributed by atoms with Crippen molar-refractivity contribution in [3.63, 3.8) is 0 Å². The van der Waals surface area contributed by atoms with E-state index in [2.05, 4.69) is 40.8 Å². The maximum Gasteiger partial charge on any atom is 0.204 e. The number of rotatable bonds is 18. The van der Waals surface area contributed by atoms with Crippen LogP contribution in [0.15, 0.2) is 106 Å². The third kappa shape index (κ3) is 10.7. The molecule has 0 fully saturated rings. The van der Waals surface area contributed by atoms with Crippen molar-refractivity contribution in [3.8, 4) is 57.5 Å². The number of methoxy groups -OCH3 is 4. The van der Waals surface area contributed by atoms with E-state index in [1.807, 2.05) is 26.0 Å². The Morgan fingerprint density at radius 1 is 0.485 bits per heavy atom. The molecule has 0 saturated carbocycles. The van der Waals surface area contributed by atoms with Crippen molar-refractivity contribution in [1.82, 2.24) is 49.9 Å². The Balaban J connectivity index is 0.000000201. The molecule has 0 saturated heterocycles. The summed E-state index contributed by atoms with van der Waals surface area (Å²) >= 11 is 0. The quantitative estimate of drug-likeness (QED) is 0.0905. The zero-order chi connectivity index (χ0) is 48.6. The van der Waals surface area contributed by atoms with Crippen molar-refractivity contribution in [3.05, 3.63) is 132 Å². The molecule has 0 amide bonds. The second-order valence-electron chi connectivity index (χ2n) is 15.5. The van der Waals surface area contributed by atoms with E-state index in [-0.39, 0.29) is 36.0 Å². The Morgan fingerprint density at radius 2 is 0.853 bits per heavy atom. The SMILES string of the molecule is COc1cccc(OC)c1-n1c(CS(=O)(=O)[C@@H](C)Cc2ccc(C)nn2)nnc1-c1ccco1.COc1cccc(OC)c1-n1c(CS(=O)(=O)[C@H](C)Cc2ccc(C)nn2)nnc1-c1ccco1. The molecule has 356 valence electrons. The highest BCUT2D eigenvalue weighted by Crippen LogP contribution is 2.38. The fourth-order valence-electron chi connectivity index (χ4n) is 7.08. The van der Waals surface area contributed by atoms with Crippen molar-refractivity contribution in [2.24, 2.45) is 0 Å². The molecule has 6 aromatic heterocycles. The van der Waals surface area contributed by atoms with E-state index in [4.69, 9.17) is 27.8 Å². The number of para-hydroxylation sites is 2. The fraction of sp³-hybridized carbons (Fsp3) is 0.304. The molecule has 0 aliphatic carbocycles. The molecule has 0 radical (unpaired) electrons. The lowest BCUT2D eigenvalue weighted by atomic mass is 10.2. The van der Waals surface area contributed by atoms with Gasteiger partial charge in [-0.1, -0.05) is 12.1 Å². The van der Waals surface area contributed by atoms with Gasteiger partial charge in [-0.3, -0.25) is 9.13 Å². The molecule has 0 aliphatic rings. The summed E-state index contributed by atoms with van der Waals surface area (Å²) in [6.45, 7) is 6.95. The van der Waals surface area contributed by atoms with Crippen molar-refractivity contribution in [1.29, 1.82) is 0 Å². The van der Waals surface area contributed by atoms with Gasteiger partial charge in [-0.15, -0.1) is 20.4 Å². The van der Waals surface area contributed by atoms with Gasteiger partial charge in [0, 0.05) is 12.8 Å². The zero-order valence-electron chi connectivity index (χ0n) is 38.6. The number of ether oxygens (including phenoxy) is 4. The van der Waals surface area contributed by atoms with Crippen LogP contribution in [0, 0.1) is 13.8 Å². The van der Waals surface area contributed by atoms with Gasteiger partial charge in [0.05, 0.1) is 74.2 Å². The highest BCUT2D eigenvalue weighted by molar-refractivity contribution is 7.91. The second kappa shape index (κ2) is 21.0. The summed E-state index contributed by atoms with van der Waals surface area (Å²) in [5.74, 6) is 3.06. The van der Waals surface area contributed by atoms with Crippen LogP contribution in [0.1, 0.15) is 48.3 Å². The molecule has 0 aliphatic heterocycles. The Hall–Kier alpha value is -7.46. The van der Waals surface area contributed by atoms with Gasteiger partial charge in [0.15, 0.2) is 42.8 Å². The highest BCUT2D eigenvalue weighted by atomic mass is 32.2. The van der Waals surface area contributed by atoms with Crippen LogP contribution in [0.5, 0.6) is 23.0 Å². The van der Waals surface area contributed by atoms with Gasteiger partial charge in [0.25, 0.3) is 0 Å². The molecule has 68 heavy (non-hydrogen) atoms. The number of aryl methyl sites for hydroxylation is 2. The smallest absolute Gasteiger partial charge is 0.204 e. The molecule has 2 aromatic carbocycles. The number of sulfone groups is 2. The number of hydrogen-bond acceptors (Lipinski definition) is 18. The van der Waals surface area contributed by atoms with E-state index in [1.165, 1.54) is 41.0 Å². The molecule has 0 unspecified atom stereocenters. The second-order valence-corrected chi connectivity index (χ2v) is 20.3. The average Bonchev–Trinajstić information content (AvgIpc) is 4.19. The first-order valence-electron chi connectivity index (χ1n) is 21.1. The van der Waals surface area contributed by atoms with Crippen LogP contribution < -0.4 is 18.9 Å². The maximum atomic E-state index is 13.3. The standard InChI is InChI=1S/2C23H25N5O5S/c2*1-15-10-11-17(25-24-15)13-16(2)34(29,30)14-21-26-27-23(20-9-6-12-33-20)28(21)22-18(31-3)7-5-8-19(22)32-4/h2*5-12,16H,13-14H2,1-4H3/t2*16-/m10/s1. The van der Waals surface area contributed by atoms with E-state index in [0.717, 1.165) is 11.4 Å². The van der Waals surface area contributed by atoms with E-state index < -0.39 is 30.2 Å². The van der Waals surface area contributed by atoms with E-state index >= 15 is 0 Å². The highest BCUT2D eigenvalue weighted by Gasteiger charge is 2.31. The van der Waals surface area contributed by atoms with Crippen LogP contribution in [0.4, 0.5) is 0 Å². The van der Waals surface area contributed by atoms with Gasteiger partial charge < -0.3 is 27.8 Å². The molecule has 0 bridgehead atoms. The predicted octanol–water partition coefficient (Wildman–Crippen LogP) is 6.38. The lowest BCUT2D eigenvalue weighted by Crippen LogP contribution is -2.24. The number of furan rings is 2. The van der Waals surface area contributed by atoms with Crippen LogP contribution in [-0.2, 0) is 44.0 Å². The first-order valence-corrected chi connectivity index (χ1v) is 24.5. The van der Waals surface area contributed by atoms with Crippen LogP contribution in [0.25, 0.3) is 34.5 Å². The summed E-state index contributed by atoms with van der Waals surface area (Å²) in [6, 6.07) is 24.6. The zero-order valence-corrected chi connectivity index (χ0v) is 40.2. The summed E-state index contributed by atoms with van der Waals surface area (Å²) in [7, 11) is -1.20. The average molecular weight is 967 g/mol. The van der Waals surface area contributed by atoms with Crippen molar-refractivity contribution in [2.75, 3.05) is 28.4 Å². The fourth-order valence-corrected chi connectivity index (χ4v) is 9.59. The summed E-state index contributed by atoms with van der Waals surface area (Å²) in [5, 5.41) is 31.7. The number of nitrogens with zero attached hydrogens (tertiary/aromatic N) is 10. The predicted molar refractivity (Wildman–Crippen MR) is 249 cm³/mol. The van der Waals surface area contributed by atoms with Crippen molar-refractivity contribution in [2.45, 2.75) is 62.5 Å². The van der Waals surface area contributed by atoms with Gasteiger partial charge >= 0.3 is 0 Å².